The molecule has 1 atom stereocenters. The van der Waals surface area contributed by atoms with Crippen LogP contribution in [0.2, 0.25) is 5.02 Å². The summed E-state index contributed by atoms with van der Waals surface area (Å²) in [5.41, 5.74) is 2.96. The molecule has 0 saturated carbocycles. The Morgan fingerprint density at radius 3 is 2.32 bits per heavy atom. The SMILES string of the molecule is COc1cccc(Cl)c1C(=O)Pc1cc(C(C)C)ccc1C(C)C.[LiH]. The second-order valence-electron chi connectivity index (χ2n) is 6.43. The third-order valence-corrected chi connectivity index (χ3v) is 5.53. The van der Waals surface area contributed by atoms with Gasteiger partial charge in [0.1, 0.15) is 5.75 Å². The van der Waals surface area contributed by atoms with E-state index in [-0.39, 0.29) is 33.0 Å². The first-order valence-electron chi connectivity index (χ1n) is 8.12. The standard InChI is InChI=1S/C20H24ClO2P.Li.H/c1-12(2)14-9-10-15(13(3)4)18(11-14)24-20(22)19-16(21)7-6-8-17(19)23-5;;/h6-13,24H,1-5H3;;. The number of carbonyl (C=O) groups excluding carboxylic acids is 1. The molecule has 2 aromatic rings. The topological polar surface area (TPSA) is 26.3 Å². The predicted octanol–water partition coefficient (Wildman–Crippen LogP) is 5.09. The second-order valence-corrected chi connectivity index (χ2v) is 8.08. The van der Waals surface area contributed by atoms with Crippen molar-refractivity contribution in [1.82, 2.24) is 0 Å². The third kappa shape index (κ3) is 5.35. The molecule has 0 aromatic heterocycles. The molecule has 0 bridgehead atoms. The molecule has 0 aliphatic rings. The molecule has 0 aliphatic carbocycles. The average molecular weight is 371 g/mol. The quantitative estimate of drug-likeness (QED) is 0.523. The van der Waals surface area contributed by atoms with E-state index in [9.17, 15) is 4.79 Å². The van der Waals surface area contributed by atoms with Gasteiger partial charge in [-0.25, -0.2) is 0 Å². The van der Waals surface area contributed by atoms with E-state index in [0.717, 1.165) is 5.30 Å². The Morgan fingerprint density at radius 2 is 1.76 bits per heavy atom. The summed E-state index contributed by atoms with van der Waals surface area (Å²) in [6, 6.07) is 11.8. The fourth-order valence-corrected chi connectivity index (χ4v) is 4.34. The van der Waals surface area contributed by atoms with Crippen LogP contribution in [-0.2, 0) is 0 Å². The number of benzene rings is 2. The summed E-state index contributed by atoms with van der Waals surface area (Å²) in [7, 11) is 1.59. The normalized spacial score (nSPS) is 11.2. The molecule has 0 amide bonds. The van der Waals surface area contributed by atoms with Crippen LogP contribution in [0.1, 0.15) is 61.0 Å². The van der Waals surface area contributed by atoms with Crippen molar-refractivity contribution in [1.29, 1.82) is 0 Å². The van der Waals surface area contributed by atoms with Crippen LogP contribution in [0.3, 0.4) is 0 Å². The number of hydrogen-bond donors (Lipinski definition) is 0. The zero-order valence-electron chi connectivity index (χ0n) is 14.8. The van der Waals surface area contributed by atoms with E-state index < -0.39 is 0 Å². The summed E-state index contributed by atoms with van der Waals surface area (Å²) in [5.74, 6) is 1.33. The molecule has 25 heavy (non-hydrogen) atoms. The van der Waals surface area contributed by atoms with E-state index in [1.165, 1.54) is 11.1 Å². The molecule has 0 fully saturated rings. The first-order valence-corrected chi connectivity index (χ1v) is 9.50. The molecule has 2 nitrogen and oxygen atoms in total. The zero-order chi connectivity index (χ0) is 17.9. The summed E-state index contributed by atoms with van der Waals surface area (Å²) >= 11 is 6.26. The summed E-state index contributed by atoms with van der Waals surface area (Å²) < 4.78 is 5.32. The Kier molecular flexibility index (Phi) is 8.73. The van der Waals surface area contributed by atoms with Crippen molar-refractivity contribution in [2.24, 2.45) is 0 Å². The van der Waals surface area contributed by atoms with Gasteiger partial charge in [-0.15, -0.1) is 0 Å². The minimum atomic E-state index is 0. The van der Waals surface area contributed by atoms with Crippen molar-refractivity contribution in [3.05, 3.63) is 58.1 Å². The molecular weight excluding hydrogens is 346 g/mol. The maximum absolute atomic E-state index is 12.9. The van der Waals surface area contributed by atoms with Crippen molar-refractivity contribution in [3.8, 4) is 5.75 Å². The van der Waals surface area contributed by atoms with Crippen LogP contribution in [0.25, 0.3) is 0 Å². The van der Waals surface area contributed by atoms with Gasteiger partial charge in [0.25, 0.3) is 0 Å². The van der Waals surface area contributed by atoms with Crippen LogP contribution in [0.5, 0.6) is 5.75 Å². The zero-order valence-corrected chi connectivity index (χ0v) is 16.6. The van der Waals surface area contributed by atoms with Gasteiger partial charge in [0, 0.05) is 0 Å². The van der Waals surface area contributed by atoms with Gasteiger partial charge >= 0.3 is 18.9 Å². The van der Waals surface area contributed by atoms with Crippen LogP contribution < -0.4 is 10.0 Å². The van der Waals surface area contributed by atoms with Crippen LogP contribution in [0.15, 0.2) is 36.4 Å². The number of halogens is 1. The second kappa shape index (κ2) is 9.80. The van der Waals surface area contributed by atoms with Crippen molar-refractivity contribution in [2.45, 2.75) is 39.5 Å². The molecule has 0 spiro atoms. The van der Waals surface area contributed by atoms with Gasteiger partial charge in [0.05, 0.1) is 17.7 Å². The van der Waals surface area contributed by atoms with Gasteiger partial charge in [-0.2, -0.15) is 0 Å². The Labute approximate surface area is 169 Å². The van der Waals surface area contributed by atoms with Crippen LogP contribution >= 0.6 is 20.2 Å². The first-order chi connectivity index (χ1) is 11.3. The van der Waals surface area contributed by atoms with E-state index >= 15 is 0 Å². The first kappa shape index (κ1) is 22.3. The van der Waals surface area contributed by atoms with Gasteiger partial charge in [-0.3, -0.25) is 4.79 Å². The van der Waals surface area contributed by atoms with Crippen molar-refractivity contribution >= 4 is 49.9 Å². The molecule has 5 heteroatoms. The Hall–Kier alpha value is -0.773. The summed E-state index contributed by atoms with van der Waals surface area (Å²) in [4.78, 5) is 12.9. The van der Waals surface area contributed by atoms with Crippen LogP contribution in [0.4, 0.5) is 0 Å². The summed E-state index contributed by atoms with van der Waals surface area (Å²) in [6.07, 6.45) is 0. The van der Waals surface area contributed by atoms with E-state index in [1.807, 2.05) is 0 Å². The average Bonchev–Trinajstić information content (AvgIpc) is 2.53. The van der Waals surface area contributed by atoms with E-state index in [2.05, 4.69) is 45.9 Å². The number of ether oxygens (including phenoxy) is 1. The summed E-state index contributed by atoms with van der Waals surface area (Å²) in [6.45, 7) is 8.63. The molecule has 0 saturated heterocycles. The fraction of sp³-hybridized carbons (Fsp3) is 0.350. The monoisotopic (exact) mass is 370 g/mol. The Bertz CT molecular complexity index is 744. The number of rotatable bonds is 6. The van der Waals surface area contributed by atoms with E-state index in [1.54, 1.807) is 25.3 Å². The van der Waals surface area contributed by atoms with Crippen molar-refractivity contribution in [3.63, 3.8) is 0 Å². The van der Waals surface area contributed by atoms with Gasteiger partial charge in [0.15, 0.2) is 5.52 Å². The predicted molar refractivity (Wildman–Crippen MR) is 112 cm³/mol. The molecular formula is C20H25ClLiO2P. The van der Waals surface area contributed by atoms with Gasteiger partial charge in [-0.05, 0) is 49.0 Å². The third-order valence-electron chi connectivity index (χ3n) is 4.04. The van der Waals surface area contributed by atoms with E-state index in [0.29, 0.717) is 28.2 Å². The van der Waals surface area contributed by atoms with Gasteiger partial charge in [-0.1, -0.05) is 63.6 Å². The maximum atomic E-state index is 12.9. The van der Waals surface area contributed by atoms with E-state index in [4.69, 9.17) is 16.3 Å². The Balaban J connectivity index is 0.00000312. The van der Waals surface area contributed by atoms with Crippen molar-refractivity contribution in [2.75, 3.05) is 7.11 Å². The molecule has 0 heterocycles. The molecule has 2 rings (SSSR count). The molecule has 0 radical (unpaired) electrons. The van der Waals surface area contributed by atoms with Gasteiger partial charge in [0.2, 0.25) is 0 Å². The molecule has 2 aromatic carbocycles. The van der Waals surface area contributed by atoms with Gasteiger partial charge < -0.3 is 4.74 Å². The fourth-order valence-electron chi connectivity index (χ4n) is 2.62. The molecule has 130 valence electrons. The van der Waals surface area contributed by atoms with Crippen LogP contribution in [0, 0.1) is 0 Å². The Morgan fingerprint density at radius 1 is 1.08 bits per heavy atom. The molecule has 0 N–H and O–H groups in total. The molecule has 1 unspecified atom stereocenters. The number of hydrogen-bond acceptors (Lipinski definition) is 2. The molecule has 0 aliphatic heterocycles. The number of methoxy groups -OCH3 is 1. The van der Waals surface area contributed by atoms with Crippen molar-refractivity contribution < 1.29 is 9.53 Å². The minimum absolute atomic E-state index is 0. The summed E-state index contributed by atoms with van der Waals surface area (Å²) in [5, 5.41) is 1.54. The number of carbonyl (C=O) groups is 1. The van der Waals surface area contributed by atoms with Crippen LogP contribution in [-0.4, -0.2) is 31.5 Å².